The number of piperidine rings is 1. The second kappa shape index (κ2) is 8.04. The van der Waals surface area contributed by atoms with Gasteiger partial charge in [-0.3, -0.25) is 4.90 Å². The van der Waals surface area contributed by atoms with Crippen LogP contribution in [-0.2, 0) is 11.3 Å². The Kier molecular flexibility index (Phi) is 6.04. The molecule has 108 valence electrons. The molecular weight excluding hydrogens is 248 g/mol. The maximum atomic E-state index is 8.84. The number of hydrogen-bond donors (Lipinski definition) is 0. The van der Waals surface area contributed by atoms with E-state index in [4.69, 9.17) is 10.00 Å². The van der Waals surface area contributed by atoms with Crippen molar-refractivity contribution in [2.45, 2.75) is 44.7 Å². The first-order chi connectivity index (χ1) is 9.83. The van der Waals surface area contributed by atoms with E-state index in [0.717, 1.165) is 25.1 Å². The highest BCUT2D eigenvalue weighted by Crippen LogP contribution is 2.23. The molecule has 0 aromatic heterocycles. The third kappa shape index (κ3) is 4.33. The third-order valence-corrected chi connectivity index (χ3v) is 4.10. The van der Waals surface area contributed by atoms with Crippen LogP contribution in [0.15, 0.2) is 24.3 Å². The Morgan fingerprint density at radius 1 is 1.30 bits per heavy atom. The number of hydrogen-bond acceptors (Lipinski definition) is 3. The second-order valence-corrected chi connectivity index (χ2v) is 5.56. The quantitative estimate of drug-likeness (QED) is 0.745. The van der Waals surface area contributed by atoms with Gasteiger partial charge in [-0.05, 0) is 49.9 Å². The number of rotatable bonds is 6. The van der Waals surface area contributed by atoms with E-state index in [9.17, 15) is 0 Å². The van der Waals surface area contributed by atoms with E-state index >= 15 is 0 Å². The molecule has 1 aromatic rings. The van der Waals surface area contributed by atoms with Crippen LogP contribution in [0.2, 0.25) is 0 Å². The van der Waals surface area contributed by atoms with Crippen LogP contribution in [-0.4, -0.2) is 31.2 Å². The van der Waals surface area contributed by atoms with E-state index in [0.29, 0.717) is 6.04 Å². The molecule has 0 amide bonds. The van der Waals surface area contributed by atoms with E-state index < -0.39 is 0 Å². The van der Waals surface area contributed by atoms with Gasteiger partial charge in [-0.2, -0.15) is 5.26 Å². The van der Waals surface area contributed by atoms with Crippen molar-refractivity contribution in [1.29, 1.82) is 5.26 Å². The molecule has 0 bridgehead atoms. The summed E-state index contributed by atoms with van der Waals surface area (Å²) in [4.78, 5) is 2.60. The van der Waals surface area contributed by atoms with Gasteiger partial charge in [0, 0.05) is 26.3 Å². The van der Waals surface area contributed by atoms with E-state index in [1.54, 1.807) is 7.11 Å². The van der Waals surface area contributed by atoms with Gasteiger partial charge in [-0.15, -0.1) is 0 Å². The van der Waals surface area contributed by atoms with Crippen molar-refractivity contribution in [1.82, 2.24) is 4.90 Å². The summed E-state index contributed by atoms with van der Waals surface area (Å²) in [5, 5.41) is 8.84. The zero-order valence-corrected chi connectivity index (χ0v) is 12.3. The van der Waals surface area contributed by atoms with Crippen LogP contribution in [0.5, 0.6) is 0 Å². The molecule has 1 saturated heterocycles. The molecule has 1 heterocycles. The van der Waals surface area contributed by atoms with Crippen LogP contribution in [0.25, 0.3) is 0 Å². The highest BCUT2D eigenvalue weighted by molar-refractivity contribution is 5.31. The van der Waals surface area contributed by atoms with E-state index in [2.05, 4.69) is 23.1 Å². The highest BCUT2D eigenvalue weighted by Gasteiger charge is 2.21. The minimum Gasteiger partial charge on any atom is -0.385 e. The molecule has 0 saturated carbocycles. The lowest BCUT2D eigenvalue weighted by Crippen LogP contribution is -2.39. The maximum Gasteiger partial charge on any atom is 0.0991 e. The molecule has 0 aliphatic carbocycles. The topological polar surface area (TPSA) is 36.3 Å². The molecule has 1 aliphatic rings. The van der Waals surface area contributed by atoms with Crippen LogP contribution >= 0.6 is 0 Å². The summed E-state index contributed by atoms with van der Waals surface area (Å²) in [6.45, 7) is 3.06. The predicted molar refractivity (Wildman–Crippen MR) is 80.3 cm³/mol. The summed E-state index contributed by atoms with van der Waals surface area (Å²) in [6, 6.07) is 10.9. The van der Waals surface area contributed by atoms with Gasteiger partial charge >= 0.3 is 0 Å². The molecule has 20 heavy (non-hydrogen) atoms. The van der Waals surface area contributed by atoms with E-state index in [-0.39, 0.29) is 0 Å². The number of benzene rings is 1. The van der Waals surface area contributed by atoms with Gasteiger partial charge in [0.15, 0.2) is 0 Å². The molecule has 3 heteroatoms. The monoisotopic (exact) mass is 272 g/mol. The van der Waals surface area contributed by atoms with Gasteiger partial charge in [0.05, 0.1) is 11.6 Å². The summed E-state index contributed by atoms with van der Waals surface area (Å²) in [5.41, 5.74) is 2.05. The fraction of sp³-hybridized carbons (Fsp3) is 0.588. The summed E-state index contributed by atoms with van der Waals surface area (Å²) >= 11 is 0. The Labute approximate surface area is 122 Å². The Bertz CT molecular complexity index is 435. The smallest absolute Gasteiger partial charge is 0.0991 e. The fourth-order valence-corrected chi connectivity index (χ4v) is 2.98. The van der Waals surface area contributed by atoms with Crippen LogP contribution in [0.3, 0.4) is 0 Å². The molecule has 0 spiro atoms. The standard InChI is InChI=1S/C17H24N2O/c1-20-12-4-6-17-5-2-3-11-19(17)14-16-9-7-15(13-18)8-10-16/h7-10,17H,2-6,11-12,14H2,1H3/t17-/m1/s1. The normalized spacial score (nSPS) is 19.7. The second-order valence-electron chi connectivity index (χ2n) is 5.56. The first-order valence-corrected chi connectivity index (χ1v) is 7.55. The Morgan fingerprint density at radius 2 is 2.10 bits per heavy atom. The summed E-state index contributed by atoms with van der Waals surface area (Å²) < 4.78 is 5.16. The van der Waals surface area contributed by atoms with Gasteiger partial charge in [0.25, 0.3) is 0 Å². The van der Waals surface area contributed by atoms with E-state index in [1.807, 2.05) is 12.1 Å². The van der Waals surface area contributed by atoms with Crippen LogP contribution < -0.4 is 0 Å². The van der Waals surface area contributed by atoms with Gasteiger partial charge in [0.2, 0.25) is 0 Å². The van der Waals surface area contributed by atoms with Crippen LogP contribution in [0.1, 0.15) is 43.2 Å². The number of ether oxygens (including phenoxy) is 1. The molecule has 0 radical (unpaired) electrons. The minimum absolute atomic E-state index is 0.689. The first kappa shape index (κ1) is 15.0. The molecule has 3 nitrogen and oxygen atoms in total. The molecule has 1 atom stereocenters. The first-order valence-electron chi connectivity index (χ1n) is 7.55. The molecule has 0 N–H and O–H groups in total. The zero-order chi connectivity index (χ0) is 14.2. The number of nitrogens with zero attached hydrogens (tertiary/aromatic N) is 2. The van der Waals surface area contributed by atoms with Crippen molar-refractivity contribution < 1.29 is 4.74 Å². The molecule has 1 fully saturated rings. The lowest BCUT2D eigenvalue weighted by molar-refractivity contribution is 0.116. The average molecular weight is 272 g/mol. The molecule has 1 aliphatic heterocycles. The van der Waals surface area contributed by atoms with Gasteiger partial charge in [0.1, 0.15) is 0 Å². The summed E-state index contributed by atoms with van der Waals surface area (Å²) in [5.74, 6) is 0. The largest absolute Gasteiger partial charge is 0.385 e. The van der Waals surface area contributed by atoms with Crippen molar-refractivity contribution in [3.8, 4) is 6.07 Å². The van der Waals surface area contributed by atoms with Crippen molar-refractivity contribution >= 4 is 0 Å². The van der Waals surface area contributed by atoms with Crippen molar-refractivity contribution in [3.63, 3.8) is 0 Å². The molecule has 1 aromatic carbocycles. The number of methoxy groups -OCH3 is 1. The third-order valence-electron chi connectivity index (χ3n) is 4.10. The predicted octanol–water partition coefficient (Wildman–Crippen LogP) is 3.34. The number of nitriles is 1. The number of likely N-dealkylation sites (tertiary alicyclic amines) is 1. The van der Waals surface area contributed by atoms with Crippen LogP contribution in [0.4, 0.5) is 0 Å². The van der Waals surface area contributed by atoms with Gasteiger partial charge in [-0.25, -0.2) is 0 Å². The average Bonchev–Trinajstić information content (AvgIpc) is 2.50. The highest BCUT2D eigenvalue weighted by atomic mass is 16.5. The zero-order valence-electron chi connectivity index (χ0n) is 12.3. The van der Waals surface area contributed by atoms with Crippen molar-refractivity contribution in [2.75, 3.05) is 20.3 Å². The Balaban J connectivity index is 1.91. The molecule has 2 rings (SSSR count). The maximum absolute atomic E-state index is 8.84. The summed E-state index contributed by atoms with van der Waals surface area (Å²) in [6.07, 6.45) is 6.33. The van der Waals surface area contributed by atoms with Crippen molar-refractivity contribution in [3.05, 3.63) is 35.4 Å². The lowest BCUT2D eigenvalue weighted by Gasteiger charge is -2.36. The van der Waals surface area contributed by atoms with Gasteiger partial charge < -0.3 is 4.74 Å². The van der Waals surface area contributed by atoms with Gasteiger partial charge in [-0.1, -0.05) is 18.6 Å². The minimum atomic E-state index is 0.689. The summed E-state index contributed by atoms with van der Waals surface area (Å²) in [7, 11) is 1.77. The Hall–Kier alpha value is -1.37. The van der Waals surface area contributed by atoms with E-state index in [1.165, 1.54) is 37.8 Å². The fourth-order valence-electron chi connectivity index (χ4n) is 2.98. The Morgan fingerprint density at radius 3 is 2.80 bits per heavy atom. The van der Waals surface area contributed by atoms with Crippen molar-refractivity contribution in [2.24, 2.45) is 0 Å². The lowest BCUT2D eigenvalue weighted by atomic mass is 9.97. The SMILES string of the molecule is COCCC[C@H]1CCCCN1Cc1ccc(C#N)cc1. The molecule has 0 unspecified atom stereocenters. The van der Waals surface area contributed by atoms with Crippen LogP contribution in [0, 0.1) is 11.3 Å². The molecular formula is C17H24N2O.